The molecule has 0 spiro atoms. The van der Waals surface area contributed by atoms with Crippen molar-refractivity contribution in [1.29, 1.82) is 0 Å². The van der Waals surface area contributed by atoms with Crippen LogP contribution in [0.2, 0.25) is 0 Å². The Balaban J connectivity index is 2.20. The molecule has 0 amide bonds. The first-order chi connectivity index (χ1) is 10.1. The summed E-state index contributed by atoms with van der Waals surface area (Å²) in [5.74, 6) is 0.419. The molecular weight excluding hydrogens is 337 g/mol. The first kappa shape index (κ1) is 16.0. The molecule has 0 saturated heterocycles. The van der Waals surface area contributed by atoms with E-state index in [-0.39, 0.29) is 5.82 Å². The summed E-state index contributed by atoms with van der Waals surface area (Å²) in [6.07, 6.45) is 0. The molecule has 0 aliphatic rings. The number of nitrogens with one attached hydrogen (secondary N) is 1. The third-order valence-corrected chi connectivity index (χ3v) is 4.24. The van der Waals surface area contributed by atoms with Crippen molar-refractivity contribution in [3.05, 3.63) is 45.4 Å². The largest absolute Gasteiger partial charge is 0.487 e. The molecule has 0 bridgehead atoms. The van der Waals surface area contributed by atoms with E-state index < -0.39 is 0 Å². The van der Waals surface area contributed by atoms with E-state index in [1.807, 2.05) is 25.6 Å². The van der Waals surface area contributed by atoms with Gasteiger partial charge in [0.05, 0.1) is 15.9 Å². The van der Waals surface area contributed by atoms with E-state index in [0.29, 0.717) is 18.9 Å². The van der Waals surface area contributed by atoms with Gasteiger partial charge in [-0.15, -0.1) is 0 Å². The topological polar surface area (TPSA) is 39.1 Å². The summed E-state index contributed by atoms with van der Waals surface area (Å²) in [5, 5.41) is 7.45. The third-order valence-electron chi connectivity index (χ3n) is 3.21. The molecule has 1 heterocycles. The number of aryl methyl sites for hydroxylation is 2. The van der Waals surface area contributed by atoms with Crippen LogP contribution in [-0.2, 0) is 19.7 Å². The van der Waals surface area contributed by atoms with Gasteiger partial charge < -0.3 is 10.1 Å². The van der Waals surface area contributed by atoms with E-state index in [9.17, 15) is 4.39 Å². The van der Waals surface area contributed by atoms with Gasteiger partial charge in [-0.3, -0.25) is 4.68 Å². The first-order valence-corrected chi connectivity index (χ1v) is 7.63. The van der Waals surface area contributed by atoms with Crippen LogP contribution >= 0.6 is 15.9 Å². The predicted molar refractivity (Wildman–Crippen MR) is 83.8 cm³/mol. The van der Waals surface area contributed by atoms with Crippen molar-refractivity contribution in [3.63, 3.8) is 0 Å². The van der Waals surface area contributed by atoms with Gasteiger partial charge in [0.15, 0.2) is 0 Å². The normalized spacial score (nSPS) is 10.9. The van der Waals surface area contributed by atoms with Gasteiger partial charge in [-0.2, -0.15) is 5.10 Å². The maximum atomic E-state index is 13.3. The minimum Gasteiger partial charge on any atom is -0.487 e. The lowest BCUT2D eigenvalue weighted by Gasteiger charge is -2.12. The van der Waals surface area contributed by atoms with Crippen LogP contribution in [0.3, 0.4) is 0 Å². The maximum absolute atomic E-state index is 13.3. The van der Waals surface area contributed by atoms with Crippen LogP contribution in [0.5, 0.6) is 5.75 Å². The molecule has 0 fully saturated rings. The average molecular weight is 356 g/mol. The van der Waals surface area contributed by atoms with E-state index in [4.69, 9.17) is 4.74 Å². The van der Waals surface area contributed by atoms with Crippen molar-refractivity contribution in [2.45, 2.75) is 33.5 Å². The first-order valence-electron chi connectivity index (χ1n) is 6.84. The quantitative estimate of drug-likeness (QED) is 0.862. The number of aromatic nitrogens is 2. The predicted octanol–water partition coefficient (Wildman–Crippen LogP) is 3.41. The van der Waals surface area contributed by atoms with Crippen molar-refractivity contribution < 1.29 is 9.13 Å². The smallest absolute Gasteiger partial charge is 0.131 e. The number of hydrogen-bond donors (Lipinski definition) is 1. The fraction of sp³-hybridized carbons (Fsp3) is 0.400. The van der Waals surface area contributed by atoms with Crippen LogP contribution in [0.25, 0.3) is 0 Å². The average Bonchev–Trinajstić information content (AvgIpc) is 2.74. The Kier molecular flexibility index (Phi) is 5.36. The molecule has 114 valence electrons. The van der Waals surface area contributed by atoms with Crippen molar-refractivity contribution in [3.8, 4) is 5.75 Å². The summed E-state index contributed by atoms with van der Waals surface area (Å²) in [6.45, 7) is 5.70. The van der Waals surface area contributed by atoms with Crippen LogP contribution in [0.4, 0.5) is 4.39 Å². The van der Waals surface area contributed by atoms with Gasteiger partial charge in [-0.05, 0) is 55.0 Å². The van der Waals surface area contributed by atoms with Gasteiger partial charge in [-0.1, -0.05) is 0 Å². The molecular formula is C15H19BrFN3O. The highest BCUT2D eigenvalue weighted by atomic mass is 79.9. The van der Waals surface area contributed by atoms with Crippen LogP contribution in [0.15, 0.2) is 22.7 Å². The van der Waals surface area contributed by atoms with Crippen LogP contribution < -0.4 is 10.1 Å². The summed E-state index contributed by atoms with van der Waals surface area (Å²) < 4.78 is 22.0. The Morgan fingerprint density at radius 1 is 1.43 bits per heavy atom. The SMILES string of the molecule is CCn1nc(C)c(Br)c1COc1ccc(F)cc1CNC. The van der Waals surface area contributed by atoms with Crippen LogP contribution in [0, 0.1) is 12.7 Å². The minimum absolute atomic E-state index is 0.261. The third kappa shape index (κ3) is 3.63. The fourth-order valence-electron chi connectivity index (χ4n) is 2.17. The van der Waals surface area contributed by atoms with E-state index in [0.717, 1.165) is 28.0 Å². The van der Waals surface area contributed by atoms with Gasteiger partial charge in [0, 0.05) is 18.7 Å². The zero-order valence-corrected chi connectivity index (χ0v) is 14.0. The van der Waals surface area contributed by atoms with Crippen molar-refractivity contribution in [2.24, 2.45) is 0 Å². The highest BCUT2D eigenvalue weighted by molar-refractivity contribution is 9.10. The zero-order chi connectivity index (χ0) is 15.4. The molecule has 0 aliphatic carbocycles. The summed E-state index contributed by atoms with van der Waals surface area (Å²) >= 11 is 3.54. The molecule has 21 heavy (non-hydrogen) atoms. The van der Waals surface area contributed by atoms with Crippen LogP contribution in [0.1, 0.15) is 23.9 Å². The standard InChI is InChI=1S/C15H19BrFN3O/c1-4-20-13(15(16)10(2)19-20)9-21-14-6-5-12(17)7-11(14)8-18-3/h5-7,18H,4,8-9H2,1-3H3. The van der Waals surface area contributed by atoms with Crippen molar-refractivity contribution in [1.82, 2.24) is 15.1 Å². The molecule has 2 rings (SSSR count). The second-order valence-electron chi connectivity index (χ2n) is 4.73. The van der Waals surface area contributed by atoms with E-state index in [1.54, 1.807) is 6.07 Å². The van der Waals surface area contributed by atoms with Gasteiger partial charge in [0.25, 0.3) is 0 Å². The molecule has 1 aromatic carbocycles. The minimum atomic E-state index is -0.261. The Labute approximate surface area is 132 Å². The van der Waals surface area contributed by atoms with E-state index in [1.165, 1.54) is 12.1 Å². The van der Waals surface area contributed by atoms with Gasteiger partial charge in [-0.25, -0.2) is 4.39 Å². The summed E-state index contributed by atoms with van der Waals surface area (Å²) in [7, 11) is 1.82. The Morgan fingerprint density at radius 3 is 2.86 bits per heavy atom. The lowest BCUT2D eigenvalue weighted by molar-refractivity contribution is 0.287. The Morgan fingerprint density at radius 2 is 2.19 bits per heavy atom. The van der Waals surface area contributed by atoms with Gasteiger partial charge >= 0.3 is 0 Å². The number of rotatable bonds is 6. The number of ether oxygens (including phenoxy) is 1. The second kappa shape index (κ2) is 7.04. The summed E-state index contributed by atoms with van der Waals surface area (Å²) in [5.41, 5.74) is 2.72. The Bertz CT molecular complexity index is 628. The number of hydrogen-bond acceptors (Lipinski definition) is 3. The zero-order valence-electron chi connectivity index (χ0n) is 12.4. The van der Waals surface area contributed by atoms with Crippen LogP contribution in [-0.4, -0.2) is 16.8 Å². The highest BCUT2D eigenvalue weighted by Gasteiger charge is 2.13. The molecule has 1 N–H and O–H groups in total. The number of nitrogens with zero attached hydrogens (tertiary/aromatic N) is 2. The van der Waals surface area contributed by atoms with E-state index >= 15 is 0 Å². The molecule has 6 heteroatoms. The van der Waals surface area contributed by atoms with Crippen molar-refractivity contribution >= 4 is 15.9 Å². The summed E-state index contributed by atoms with van der Waals surface area (Å²) in [6, 6.07) is 4.56. The molecule has 0 radical (unpaired) electrons. The second-order valence-corrected chi connectivity index (χ2v) is 5.53. The molecule has 0 saturated carbocycles. The number of benzene rings is 1. The molecule has 2 aromatic rings. The van der Waals surface area contributed by atoms with Gasteiger partial charge in [0.2, 0.25) is 0 Å². The van der Waals surface area contributed by atoms with E-state index in [2.05, 4.69) is 26.3 Å². The monoisotopic (exact) mass is 355 g/mol. The number of halogens is 2. The molecule has 0 aliphatic heterocycles. The molecule has 0 atom stereocenters. The van der Waals surface area contributed by atoms with Gasteiger partial charge in [0.1, 0.15) is 18.2 Å². The van der Waals surface area contributed by atoms with Crippen molar-refractivity contribution in [2.75, 3.05) is 7.05 Å². The lowest BCUT2D eigenvalue weighted by Crippen LogP contribution is -2.10. The lowest BCUT2D eigenvalue weighted by atomic mass is 10.2. The Hall–Kier alpha value is -1.40. The molecule has 0 unspecified atom stereocenters. The molecule has 4 nitrogen and oxygen atoms in total. The fourth-order valence-corrected chi connectivity index (χ4v) is 2.57. The maximum Gasteiger partial charge on any atom is 0.131 e. The highest BCUT2D eigenvalue weighted by Crippen LogP contribution is 2.25. The summed E-state index contributed by atoms with van der Waals surface area (Å²) in [4.78, 5) is 0. The molecule has 1 aromatic heterocycles.